The number of ketones is 1. The number of hydrogen-bond acceptors (Lipinski definition) is 7. The summed E-state index contributed by atoms with van der Waals surface area (Å²) in [4.78, 5) is 12.9. The van der Waals surface area contributed by atoms with Crippen molar-refractivity contribution in [2.24, 2.45) is 0 Å². The number of rotatable bonds is 11. The smallest absolute Gasteiger partial charge is 0.192 e. The molecule has 0 radical (unpaired) electrons. The Morgan fingerprint density at radius 3 is 2.31 bits per heavy atom. The van der Waals surface area contributed by atoms with Crippen molar-refractivity contribution in [2.75, 3.05) is 5.75 Å². The van der Waals surface area contributed by atoms with Crippen LogP contribution in [-0.2, 0) is 13.2 Å². The summed E-state index contributed by atoms with van der Waals surface area (Å²) in [6, 6.07) is 35.0. The van der Waals surface area contributed by atoms with Gasteiger partial charge in [-0.25, -0.2) is 4.68 Å². The van der Waals surface area contributed by atoms with Crippen LogP contribution in [0.4, 0.5) is 0 Å². The second kappa shape index (κ2) is 13.0. The fraction of sp³-hybridized carbons (Fsp3) is 0.0938. The number of thioether (sulfide) groups is 1. The fourth-order valence-electron chi connectivity index (χ4n) is 4.35. The minimum Gasteiger partial charge on any atom is -0.486 e. The van der Waals surface area contributed by atoms with Crippen LogP contribution in [0.5, 0.6) is 5.75 Å². The van der Waals surface area contributed by atoms with Crippen molar-refractivity contribution in [2.45, 2.75) is 18.3 Å². The van der Waals surface area contributed by atoms with Crippen LogP contribution in [0.1, 0.15) is 21.6 Å². The first-order valence-electron chi connectivity index (χ1n) is 13.2. The monoisotopic (exact) mass is 636 g/mol. The van der Waals surface area contributed by atoms with Crippen LogP contribution < -0.4 is 4.74 Å². The van der Waals surface area contributed by atoms with Gasteiger partial charge in [0, 0.05) is 10.0 Å². The maximum Gasteiger partial charge on any atom is 0.192 e. The summed E-state index contributed by atoms with van der Waals surface area (Å²) >= 11 is 4.79. The number of nitrogens with zero attached hydrogens (tertiary/aromatic N) is 6. The number of aromatic nitrogens is 6. The Bertz CT molecular complexity index is 1790. The SMILES string of the molecule is O=C(CSc1nnc(-c2ccccc2OCc2cn(-c3ccccc3)nn2)n1Cc1ccccc1)c1ccc(Br)cc1. The van der Waals surface area contributed by atoms with Gasteiger partial charge in [0.15, 0.2) is 16.8 Å². The molecule has 208 valence electrons. The van der Waals surface area contributed by atoms with E-state index in [4.69, 9.17) is 4.74 Å². The van der Waals surface area contributed by atoms with E-state index in [1.807, 2.05) is 108 Å². The number of carbonyl (C=O) groups excluding carboxylic acids is 1. The normalized spacial score (nSPS) is 11.0. The van der Waals surface area contributed by atoms with Gasteiger partial charge in [-0.2, -0.15) is 0 Å². The van der Waals surface area contributed by atoms with Gasteiger partial charge in [-0.3, -0.25) is 9.36 Å². The average molecular weight is 638 g/mol. The molecule has 0 saturated carbocycles. The molecule has 0 amide bonds. The number of ether oxygens (including phenoxy) is 1. The van der Waals surface area contributed by atoms with E-state index in [2.05, 4.69) is 48.6 Å². The van der Waals surface area contributed by atoms with E-state index < -0.39 is 0 Å². The topological polar surface area (TPSA) is 87.7 Å². The van der Waals surface area contributed by atoms with Crippen LogP contribution in [0.15, 0.2) is 125 Å². The molecule has 4 aromatic carbocycles. The van der Waals surface area contributed by atoms with Crippen molar-refractivity contribution in [3.8, 4) is 22.8 Å². The number of Topliss-reactive ketones (excluding diaryl/α,β-unsaturated/α-hetero) is 1. The highest BCUT2D eigenvalue weighted by Gasteiger charge is 2.20. The predicted molar refractivity (Wildman–Crippen MR) is 166 cm³/mol. The summed E-state index contributed by atoms with van der Waals surface area (Å²) in [5.41, 5.74) is 4.16. The van der Waals surface area contributed by atoms with Gasteiger partial charge in [-0.15, -0.1) is 15.3 Å². The molecule has 0 saturated heterocycles. The quantitative estimate of drug-likeness (QED) is 0.113. The van der Waals surface area contributed by atoms with Gasteiger partial charge in [0.2, 0.25) is 0 Å². The summed E-state index contributed by atoms with van der Waals surface area (Å²) < 4.78 is 10.9. The van der Waals surface area contributed by atoms with Gasteiger partial charge in [0.05, 0.1) is 29.7 Å². The number of hydrogen-bond donors (Lipinski definition) is 0. The molecule has 2 aromatic heterocycles. The highest BCUT2D eigenvalue weighted by molar-refractivity contribution is 9.10. The zero-order chi connectivity index (χ0) is 28.7. The molecule has 42 heavy (non-hydrogen) atoms. The zero-order valence-corrected chi connectivity index (χ0v) is 24.8. The van der Waals surface area contributed by atoms with Crippen LogP contribution in [0.2, 0.25) is 0 Å². The van der Waals surface area contributed by atoms with Gasteiger partial charge in [0.1, 0.15) is 18.1 Å². The van der Waals surface area contributed by atoms with Gasteiger partial charge in [-0.1, -0.05) is 106 Å². The Morgan fingerprint density at radius 2 is 1.52 bits per heavy atom. The molecule has 6 aromatic rings. The Labute approximate surface area is 255 Å². The number of halogens is 1. The van der Waals surface area contributed by atoms with E-state index >= 15 is 0 Å². The van der Waals surface area contributed by atoms with Gasteiger partial charge in [-0.05, 0) is 42.0 Å². The van der Waals surface area contributed by atoms with Crippen molar-refractivity contribution < 1.29 is 9.53 Å². The maximum absolute atomic E-state index is 12.9. The van der Waals surface area contributed by atoms with Crippen LogP contribution in [0.3, 0.4) is 0 Å². The second-order valence-electron chi connectivity index (χ2n) is 9.37. The van der Waals surface area contributed by atoms with E-state index in [1.165, 1.54) is 11.8 Å². The van der Waals surface area contributed by atoms with Crippen LogP contribution in [0, 0.1) is 0 Å². The van der Waals surface area contributed by atoms with Gasteiger partial charge < -0.3 is 4.74 Å². The summed E-state index contributed by atoms with van der Waals surface area (Å²) in [7, 11) is 0. The Morgan fingerprint density at radius 1 is 0.810 bits per heavy atom. The minimum absolute atomic E-state index is 0.0237. The number of para-hydroxylation sites is 2. The Hall–Kier alpha value is -4.54. The molecule has 0 aliphatic rings. The predicted octanol–water partition coefficient (Wildman–Crippen LogP) is 6.89. The molecule has 0 N–H and O–H groups in total. The molecular weight excluding hydrogens is 612 g/mol. The minimum atomic E-state index is 0.0237. The molecule has 8 nitrogen and oxygen atoms in total. The first kappa shape index (κ1) is 27.6. The lowest BCUT2D eigenvalue weighted by Gasteiger charge is -2.13. The lowest BCUT2D eigenvalue weighted by atomic mass is 10.1. The molecule has 2 heterocycles. The molecule has 0 bridgehead atoms. The first-order chi connectivity index (χ1) is 20.6. The van der Waals surface area contributed by atoms with E-state index in [1.54, 1.807) is 4.68 Å². The average Bonchev–Trinajstić information content (AvgIpc) is 3.67. The Balaban J connectivity index is 1.25. The van der Waals surface area contributed by atoms with E-state index in [-0.39, 0.29) is 18.1 Å². The first-order valence-corrected chi connectivity index (χ1v) is 15.0. The number of benzene rings is 4. The summed E-state index contributed by atoms with van der Waals surface area (Å²) in [6.45, 7) is 0.775. The van der Waals surface area contributed by atoms with Crippen molar-refractivity contribution >= 4 is 33.5 Å². The zero-order valence-electron chi connectivity index (χ0n) is 22.4. The van der Waals surface area contributed by atoms with Gasteiger partial charge in [0.25, 0.3) is 0 Å². The molecule has 0 unspecified atom stereocenters. The standard InChI is InChI=1S/C32H25BrN6O2S/c33-25-17-15-24(16-18-25)29(40)22-42-32-36-35-31(38(32)19-23-9-3-1-4-10-23)28-13-7-8-14-30(28)41-21-26-20-39(37-34-26)27-11-5-2-6-12-27/h1-18,20H,19,21-22H2. The van der Waals surface area contributed by atoms with Crippen molar-refractivity contribution in [1.29, 1.82) is 0 Å². The molecular formula is C32H25BrN6O2S. The third-order valence-electron chi connectivity index (χ3n) is 6.46. The van der Waals surface area contributed by atoms with Crippen LogP contribution in [0.25, 0.3) is 17.1 Å². The lowest BCUT2D eigenvalue weighted by molar-refractivity contribution is 0.102. The third kappa shape index (κ3) is 6.50. The molecule has 0 atom stereocenters. The molecule has 0 aliphatic carbocycles. The fourth-order valence-corrected chi connectivity index (χ4v) is 5.45. The highest BCUT2D eigenvalue weighted by Crippen LogP contribution is 2.32. The molecule has 0 spiro atoms. The molecule has 10 heteroatoms. The van der Waals surface area contributed by atoms with Crippen LogP contribution in [-0.4, -0.2) is 41.3 Å². The van der Waals surface area contributed by atoms with E-state index in [0.717, 1.165) is 21.3 Å². The highest BCUT2D eigenvalue weighted by atomic mass is 79.9. The summed E-state index contributed by atoms with van der Waals surface area (Å²) in [5.74, 6) is 1.57. The van der Waals surface area contributed by atoms with Crippen molar-refractivity contribution in [3.63, 3.8) is 0 Å². The van der Waals surface area contributed by atoms with E-state index in [9.17, 15) is 4.79 Å². The summed E-state index contributed by atoms with van der Waals surface area (Å²) in [6.07, 6.45) is 1.85. The largest absolute Gasteiger partial charge is 0.486 e. The second-order valence-corrected chi connectivity index (χ2v) is 11.2. The molecule has 0 aliphatic heterocycles. The van der Waals surface area contributed by atoms with Gasteiger partial charge >= 0.3 is 0 Å². The van der Waals surface area contributed by atoms with Crippen molar-refractivity contribution in [3.05, 3.63) is 137 Å². The van der Waals surface area contributed by atoms with E-state index in [0.29, 0.717) is 34.5 Å². The molecule has 6 rings (SSSR count). The third-order valence-corrected chi connectivity index (χ3v) is 7.96. The van der Waals surface area contributed by atoms with Crippen molar-refractivity contribution in [1.82, 2.24) is 29.8 Å². The van der Waals surface area contributed by atoms with Crippen LogP contribution >= 0.6 is 27.7 Å². The lowest BCUT2D eigenvalue weighted by Crippen LogP contribution is -2.07. The molecule has 0 fully saturated rings. The summed E-state index contributed by atoms with van der Waals surface area (Å²) in [5, 5.41) is 18.2. The maximum atomic E-state index is 12.9. The Kier molecular flexibility index (Phi) is 8.53. The number of carbonyl (C=O) groups is 1.